The molecule has 22 heavy (non-hydrogen) atoms. The number of carbonyl (C=O) groups excluding carboxylic acids is 1. The summed E-state index contributed by atoms with van der Waals surface area (Å²) in [7, 11) is 0. The summed E-state index contributed by atoms with van der Waals surface area (Å²) >= 11 is 3.26. The van der Waals surface area contributed by atoms with Crippen molar-refractivity contribution in [3.8, 4) is 0 Å². The third kappa shape index (κ3) is 4.95. The molecule has 0 bridgehead atoms. The van der Waals surface area contributed by atoms with Gasteiger partial charge in [0.05, 0.1) is 0 Å². The second kappa shape index (κ2) is 6.96. The number of rotatable bonds is 2. The third-order valence-electron chi connectivity index (χ3n) is 3.46. The molecule has 4 nitrogen and oxygen atoms in total. The van der Waals surface area contributed by atoms with Crippen LogP contribution in [-0.4, -0.2) is 24.3 Å². The molecule has 1 heterocycles. The van der Waals surface area contributed by atoms with Gasteiger partial charge in [0, 0.05) is 22.1 Å². The molecule has 0 aromatic heterocycles. The zero-order valence-corrected chi connectivity index (χ0v) is 14.7. The van der Waals surface area contributed by atoms with Crippen molar-refractivity contribution in [2.75, 3.05) is 6.54 Å². The molecule has 1 amide bonds. The molecule has 6 heteroatoms. The van der Waals surface area contributed by atoms with Crippen LogP contribution in [0, 0.1) is 5.82 Å². The number of amides is 1. The maximum atomic E-state index is 14.1. The first-order chi connectivity index (χ1) is 10.2. The molecule has 0 saturated carbocycles. The summed E-state index contributed by atoms with van der Waals surface area (Å²) in [5.74, 6) is -0.246. The Morgan fingerprint density at radius 3 is 2.82 bits per heavy atom. The van der Waals surface area contributed by atoms with Crippen molar-refractivity contribution in [2.24, 2.45) is 0 Å². The van der Waals surface area contributed by atoms with Crippen molar-refractivity contribution in [2.45, 2.75) is 51.3 Å². The first-order valence-electron chi connectivity index (χ1n) is 7.42. The van der Waals surface area contributed by atoms with E-state index in [1.165, 1.54) is 6.07 Å². The highest BCUT2D eigenvalue weighted by Crippen LogP contribution is 2.27. The van der Waals surface area contributed by atoms with Crippen molar-refractivity contribution in [3.63, 3.8) is 0 Å². The van der Waals surface area contributed by atoms with Crippen molar-refractivity contribution in [1.29, 1.82) is 0 Å². The minimum atomic E-state index is -0.520. The molecule has 2 unspecified atom stereocenters. The Hall–Kier alpha value is -1.14. The third-order valence-corrected chi connectivity index (χ3v) is 3.96. The van der Waals surface area contributed by atoms with Gasteiger partial charge in [0.25, 0.3) is 0 Å². The zero-order valence-electron chi connectivity index (χ0n) is 13.1. The van der Waals surface area contributed by atoms with Gasteiger partial charge in [-0.3, -0.25) is 0 Å². The lowest BCUT2D eigenvalue weighted by molar-refractivity contribution is 0.0490. The molecule has 2 N–H and O–H groups in total. The van der Waals surface area contributed by atoms with Gasteiger partial charge in [-0.2, -0.15) is 0 Å². The van der Waals surface area contributed by atoms with Gasteiger partial charge in [-0.05, 0) is 52.3 Å². The average molecular weight is 373 g/mol. The number of alkyl carbamates (subject to hydrolysis) is 1. The predicted octanol–water partition coefficient (Wildman–Crippen LogP) is 3.91. The number of carbonyl (C=O) groups is 1. The highest BCUT2D eigenvalue weighted by molar-refractivity contribution is 9.10. The average Bonchev–Trinajstić information content (AvgIpc) is 2.36. The first kappa shape index (κ1) is 17.2. The fourth-order valence-corrected chi connectivity index (χ4v) is 2.88. The van der Waals surface area contributed by atoms with E-state index < -0.39 is 11.7 Å². The Kier molecular flexibility index (Phi) is 5.45. The Balaban J connectivity index is 1.98. The van der Waals surface area contributed by atoms with Crippen molar-refractivity contribution in [1.82, 2.24) is 10.6 Å². The van der Waals surface area contributed by atoms with Crippen LogP contribution in [0.3, 0.4) is 0 Å². The fourth-order valence-electron chi connectivity index (χ4n) is 2.54. The molecule has 122 valence electrons. The summed E-state index contributed by atoms with van der Waals surface area (Å²) in [4.78, 5) is 11.8. The number of ether oxygens (including phenoxy) is 1. The Morgan fingerprint density at radius 2 is 2.18 bits per heavy atom. The van der Waals surface area contributed by atoms with E-state index in [2.05, 4.69) is 26.6 Å². The zero-order chi connectivity index (χ0) is 16.3. The fraction of sp³-hybridized carbons (Fsp3) is 0.562. The van der Waals surface area contributed by atoms with Gasteiger partial charge in [0.2, 0.25) is 0 Å². The van der Waals surface area contributed by atoms with E-state index in [4.69, 9.17) is 4.74 Å². The normalized spacial score (nSPS) is 22.2. The SMILES string of the molecule is CC(C)(C)OC(=O)NC1CCNC(c2ccc(Br)cc2F)C1. The van der Waals surface area contributed by atoms with Crippen molar-refractivity contribution < 1.29 is 13.9 Å². The smallest absolute Gasteiger partial charge is 0.407 e. The van der Waals surface area contributed by atoms with Crippen LogP contribution in [0.2, 0.25) is 0 Å². The highest BCUT2D eigenvalue weighted by Gasteiger charge is 2.27. The summed E-state index contributed by atoms with van der Waals surface area (Å²) in [5, 5.41) is 6.17. The quantitative estimate of drug-likeness (QED) is 0.827. The van der Waals surface area contributed by atoms with E-state index in [0.29, 0.717) is 16.5 Å². The van der Waals surface area contributed by atoms with Crippen LogP contribution in [0.25, 0.3) is 0 Å². The van der Waals surface area contributed by atoms with E-state index >= 15 is 0 Å². The van der Waals surface area contributed by atoms with Crippen LogP contribution in [-0.2, 0) is 4.74 Å². The Morgan fingerprint density at radius 1 is 1.45 bits per heavy atom. The summed E-state index contributed by atoms with van der Waals surface area (Å²) < 4.78 is 20.1. The highest BCUT2D eigenvalue weighted by atomic mass is 79.9. The number of nitrogens with one attached hydrogen (secondary N) is 2. The minimum absolute atomic E-state index is 0.0239. The van der Waals surface area contributed by atoms with Gasteiger partial charge in [-0.1, -0.05) is 22.0 Å². The largest absolute Gasteiger partial charge is 0.444 e. The van der Waals surface area contributed by atoms with Crippen LogP contribution >= 0.6 is 15.9 Å². The summed E-state index contributed by atoms with van der Waals surface area (Å²) in [6.07, 6.45) is 1.01. The summed E-state index contributed by atoms with van der Waals surface area (Å²) in [6.45, 7) is 6.21. The number of hydrogen-bond donors (Lipinski definition) is 2. The number of piperidine rings is 1. The van der Waals surface area contributed by atoms with Gasteiger partial charge < -0.3 is 15.4 Å². The van der Waals surface area contributed by atoms with E-state index in [1.807, 2.05) is 26.8 Å². The van der Waals surface area contributed by atoms with Crippen LogP contribution < -0.4 is 10.6 Å². The van der Waals surface area contributed by atoms with Gasteiger partial charge >= 0.3 is 6.09 Å². The van der Waals surface area contributed by atoms with E-state index in [-0.39, 0.29) is 17.9 Å². The molecule has 2 atom stereocenters. The Labute approximate surface area is 138 Å². The molecule has 1 aromatic carbocycles. The molecule has 0 radical (unpaired) electrons. The molecule has 0 spiro atoms. The number of hydrogen-bond acceptors (Lipinski definition) is 3. The number of benzene rings is 1. The molecule has 2 rings (SSSR count). The Bertz CT molecular complexity index is 545. The molecule has 1 aliphatic heterocycles. The first-order valence-corrected chi connectivity index (χ1v) is 8.22. The lowest BCUT2D eigenvalue weighted by Crippen LogP contribution is -2.45. The van der Waals surface area contributed by atoms with E-state index in [1.54, 1.807) is 6.07 Å². The topological polar surface area (TPSA) is 50.4 Å². The molecule has 1 aliphatic rings. The van der Waals surface area contributed by atoms with E-state index in [9.17, 15) is 9.18 Å². The lowest BCUT2D eigenvalue weighted by Gasteiger charge is -2.32. The summed E-state index contributed by atoms with van der Waals surface area (Å²) in [6, 6.07) is 4.92. The monoisotopic (exact) mass is 372 g/mol. The van der Waals surface area contributed by atoms with Gasteiger partial charge in [-0.15, -0.1) is 0 Å². The second-order valence-electron chi connectivity index (χ2n) is 6.54. The van der Waals surface area contributed by atoms with E-state index in [0.717, 1.165) is 13.0 Å². The predicted molar refractivity (Wildman–Crippen MR) is 87.2 cm³/mol. The van der Waals surface area contributed by atoms with Crippen LogP contribution in [0.5, 0.6) is 0 Å². The number of halogens is 2. The molecule has 0 aliphatic carbocycles. The van der Waals surface area contributed by atoms with Gasteiger partial charge in [0.1, 0.15) is 11.4 Å². The molecule has 1 aromatic rings. The standard InChI is InChI=1S/C16H22BrFN2O2/c1-16(2,3)22-15(21)20-11-6-7-19-14(9-11)12-5-4-10(17)8-13(12)18/h4-5,8,11,14,19H,6-7,9H2,1-3H3,(H,20,21). The van der Waals surface area contributed by atoms with Gasteiger partial charge in [-0.25, -0.2) is 9.18 Å². The maximum absolute atomic E-state index is 14.1. The molecular weight excluding hydrogens is 351 g/mol. The second-order valence-corrected chi connectivity index (χ2v) is 7.46. The minimum Gasteiger partial charge on any atom is -0.444 e. The lowest BCUT2D eigenvalue weighted by atomic mass is 9.93. The molecular formula is C16H22BrFN2O2. The maximum Gasteiger partial charge on any atom is 0.407 e. The molecule has 1 saturated heterocycles. The van der Waals surface area contributed by atoms with Crippen LogP contribution in [0.1, 0.15) is 45.2 Å². The van der Waals surface area contributed by atoms with Gasteiger partial charge in [0.15, 0.2) is 0 Å². The van der Waals surface area contributed by atoms with Crippen molar-refractivity contribution >= 4 is 22.0 Å². The molecule has 1 fully saturated rings. The summed E-state index contributed by atoms with van der Waals surface area (Å²) in [5.41, 5.74) is 0.104. The van der Waals surface area contributed by atoms with Crippen LogP contribution in [0.4, 0.5) is 9.18 Å². The van der Waals surface area contributed by atoms with Crippen LogP contribution in [0.15, 0.2) is 22.7 Å². The van der Waals surface area contributed by atoms with Crippen molar-refractivity contribution in [3.05, 3.63) is 34.1 Å².